The van der Waals surface area contributed by atoms with Crippen LogP contribution in [-0.4, -0.2) is 73.0 Å². The SMILES string of the molecule is CCCCN(CCCC)CCCN(CC[S-])CC(=O)[N-]CC[S-].[O]=[99Tc+3]. The van der Waals surface area contributed by atoms with Crippen LogP contribution in [0.25, 0.3) is 5.32 Å². The first-order chi connectivity index (χ1) is 12.2. The maximum absolute atomic E-state index is 11.8. The summed E-state index contributed by atoms with van der Waals surface area (Å²) in [6.07, 6.45) is 6.08. The zero-order chi connectivity index (χ0) is 19.3. The van der Waals surface area contributed by atoms with Crippen LogP contribution in [0.2, 0.25) is 0 Å². The van der Waals surface area contributed by atoms with Crippen LogP contribution in [0.4, 0.5) is 0 Å². The molecule has 0 aliphatic carbocycles. The summed E-state index contributed by atoms with van der Waals surface area (Å²) in [6, 6.07) is 0. The minimum absolute atomic E-state index is 0.0628. The molecule has 0 atom stereocenters. The Bertz CT molecular complexity index is 295. The molecule has 0 aromatic carbocycles. The molecule has 148 valence electrons. The fourth-order valence-corrected chi connectivity index (χ4v) is 2.78. The van der Waals surface area contributed by atoms with Crippen molar-refractivity contribution in [3.63, 3.8) is 0 Å². The summed E-state index contributed by atoms with van der Waals surface area (Å²) in [4.78, 5) is 16.5. The molecule has 0 radical (unpaired) electrons. The van der Waals surface area contributed by atoms with Gasteiger partial charge in [0.25, 0.3) is 0 Å². The summed E-state index contributed by atoms with van der Waals surface area (Å²) in [5.41, 5.74) is 0. The Hall–Kier alpha value is 0.539. The normalized spacial score (nSPS) is 10.6. The van der Waals surface area contributed by atoms with Crippen molar-refractivity contribution in [2.45, 2.75) is 46.0 Å². The average Bonchev–Trinajstić information content (AvgIpc) is 2.63. The first-order valence-electron chi connectivity index (χ1n) is 9.14. The first kappa shape index (κ1) is 27.8. The molecule has 0 rings (SSSR count). The molecule has 0 unspecified atom stereocenters. The average molecular weight is 476 g/mol. The molecular formula is C17H34N3O2S2Tc. The van der Waals surface area contributed by atoms with Gasteiger partial charge >= 0.3 is 22.4 Å². The summed E-state index contributed by atoms with van der Waals surface area (Å²) in [5.74, 6) is 1.10. The van der Waals surface area contributed by atoms with Crippen molar-refractivity contribution in [3.8, 4) is 0 Å². The monoisotopic (exact) mass is 475 g/mol. The Morgan fingerprint density at radius 2 is 1.36 bits per heavy atom. The number of nitrogens with zero attached hydrogens (tertiary/aromatic N) is 3. The second kappa shape index (κ2) is 22.6. The molecule has 0 saturated carbocycles. The van der Waals surface area contributed by atoms with Gasteiger partial charge in [0, 0.05) is 6.54 Å². The predicted octanol–water partition coefficient (Wildman–Crippen LogP) is 2.45. The third kappa shape index (κ3) is 19.1. The predicted molar refractivity (Wildman–Crippen MR) is 106 cm³/mol. The number of unbranched alkanes of at least 4 members (excludes halogenated alkanes) is 2. The van der Waals surface area contributed by atoms with Crippen LogP contribution in [0.3, 0.4) is 0 Å². The zero-order valence-electron chi connectivity index (χ0n) is 15.8. The molecule has 0 heterocycles. The first-order valence-corrected chi connectivity index (χ1v) is 11.1. The van der Waals surface area contributed by atoms with Gasteiger partial charge in [0.05, 0.1) is 5.91 Å². The molecule has 0 aliphatic rings. The fourth-order valence-electron chi connectivity index (χ4n) is 2.43. The van der Waals surface area contributed by atoms with Crippen LogP contribution in [0.5, 0.6) is 0 Å². The fraction of sp³-hybridized carbons (Fsp3) is 0.941. The van der Waals surface area contributed by atoms with E-state index in [0.29, 0.717) is 24.6 Å². The molecule has 0 fully saturated rings. The standard InChI is InChI=1S/C17H37N3OS2.O.Tc/c1-3-5-9-19(10-6-4-2)11-7-12-20(13-15-23)16-17(21)18-8-14-22;;/h3-16H2,1-2H3,(H3,18,21,22,23);;/q;;+3/p-3/i;;1+1. The molecular weight excluding hydrogens is 441 g/mol. The Morgan fingerprint density at radius 1 is 0.840 bits per heavy atom. The van der Waals surface area contributed by atoms with Gasteiger partial charge in [-0.25, -0.2) is 0 Å². The van der Waals surface area contributed by atoms with Crippen LogP contribution < -0.4 is 0 Å². The van der Waals surface area contributed by atoms with E-state index in [-0.39, 0.29) is 5.91 Å². The molecule has 5 nitrogen and oxygen atoms in total. The van der Waals surface area contributed by atoms with Gasteiger partial charge in [0.2, 0.25) is 0 Å². The van der Waals surface area contributed by atoms with Gasteiger partial charge in [-0.1, -0.05) is 26.7 Å². The summed E-state index contributed by atoms with van der Waals surface area (Å²) >= 11 is 10.8. The Balaban J connectivity index is 0. The Labute approximate surface area is 176 Å². The number of hydrogen-bond donors (Lipinski definition) is 0. The summed E-state index contributed by atoms with van der Waals surface area (Å²) in [7, 11) is 0. The van der Waals surface area contributed by atoms with E-state index >= 15 is 0 Å². The van der Waals surface area contributed by atoms with E-state index < -0.39 is 0 Å². The molecule has 0 aromatic rings. The van der Waals surface area contributed by atoms with Gasteiger partial charge < -0.3 is 40.3 Å². The third-order valence-electron chi connectivity index (χ3n) is 3.75. The molecule has 0 aliphatic heterocycles. The van der Waals surface area contributed by atoms with E-state index in [2.05, 4.69) is 29.0 Å². The molecule has 0 bridgehead atoms. The van der Waals surface area contributed by atoms with Crippen molar-refractivity contribution in [2.75, 3.05) is 57.3 Å². The van der Waals surface area contributed by atoms with E-state index in [4.69, 9.17) is 28.8 Å². The number of carbonyl (C=O) groups excluding carboxylic acids is 1. The van der Waals surface area contributed by atoms with Crippen molar-refractivity contribution in [1.82, 2.24) is 9.80 Å². The van der Waals surface area contributed by atoms with Crippen molar-refractivity contribution in [1.29, 1.82) is 0 Å². The molecule has 8 heteroatoms. The van der Waals surface area contributed by atoms with Crippen LogP contribution in [0, 0.1) is 0 Å². The Kier molecular flexibility index (Phi) is 25.1. The van der Waals surface area contributed by atoms with Crippen LogP contribution in [0.15, 0.2) is 0 Å². The number of hydrogen-bond acceptors (Lipinski definition) is 6. The maximum atomic E-state index is 11.8. The molecule has 0 saturated heterocycles. The second-order valence-corrected chi connectivity index (χ2v) is 6.68. The van der Waals surface area contributed by atoms with Crippen LogP contribution >= 0.6 is 0 Å². The quantitative estimate of drug-likeness (QED) is 0.320. The topological polar surface area (TPSA) is 54.7 Å². The third-order valence-corrected chi connectivity index (χ3v) is 4.12. The summed E-state index contributed by atoms with van der Waals surface area (Å²) in [5, 5.41) is 3.96. The number of amides is 1. The van der Waals surface area contributed by atoms with Gasteiger partial charge in [0.1, 0.15) is 0 Å². The van der Waals surface area contributed by atoms with Gasteiger partial charge in [-0.2, -0.15) is 18.1 Å². The van der Waals surface area contributed by atoms with Crippen molar-refractivity contribution in [2.24, 2.45) is 0 Å². The van der Waals surface area contributed by atoms with Crippen LogP contribution in [0.1, 0.15) is 46.0 Å². The summed E-state index contributed by atoms with van der Waals surface area (Å²) in [6.45, 7) is 10.5. The molecule has 25 heavy (non-hydrogen) atoms. The Morgan fingerprint density at radius 3 is 1.84 bits per heavy atom. The van der Waals surface area contributed by atoms with Crippen LogP contribution in [-0.2, 0) is 52.4 Å². The van der Waals surface area contributed by atoms with E-state index in [9.17, 15) is 4.79 Å². The molecule has 0 aromatic heterocycles. The zero-order valence-corrected chi connectivity index (χ0v) is 19.2. The van der Waals surface area contributed by atoms with E-state index in [1.807, 2.05) is 0 Å². The van der Waals surface area contributed by atoms with Gasteiger partial charge in [-0.05, 0) is 52.0 Å². The minimum atomic E-state index is -0.0628. The summed E-state index contributed by atoms with van der Waals surface area (Å²) < 4.78 is 8.22. The molecule has 0 spiro atoms. The number of carbonyl (C=O) groups is 1. The van der Waals surface area contributed by atoms with Crippen molar-refractivity contribution >= 4 is 31.2 Å². The number of rotatable bonds is 16. The van der Waals surface area contributed by atoms with Crippen molar-refractivity contribution in [3.05, 3.63) is 5.32 Å². The van der Waals surface area contributed by atoms with Gasteiger partial charge in [-0.15, -0.1) is 0 Å². The van der Waals surface area contributed by atoms with Crippen molar-refractivity contribution < 1.29 is 27.2 Å². The second-order valence-electron chi connectivity index (χ2n) is 5.86. The van der Waals surface area contributed by atoms with Gasteiger partial charge in [0.15, 0.2) is 0 Å². The van der Waals surface area contributed by atoms with E-state index in [1.54, 1.807) is 0 Å². The van der Waals surface area contributed by atoms with Gasteiger partial charge in [-0.3, -0.25) is 4.90 Å². The molecule has 1 amide bonds. The van der Waals surface area contributed by atoms with E-state index in [1.165, 1.54) is 38.8 Å². The molecule has 0 N–H and O–H groups in total. The van der Waals surface area contributed by atoms with E-state index in [0.717, 1.165) is 44.9 Å².